The molecule has 2 rings (SSSR count). The van der Waals surface area contributed by atoms with Gasteiger partial charge in [0.15, 0.2) is 0 Å². The third-order valence-corrected chi connectivity index (χ3v) is 5.97. The summed E-state index contributed by atoms with van der Waals surface area (Å²) in [5, 5.41) is 5.13. The molecule has 33 heavy (non-hydrogen) atoms. The zero-order chi connectivity index (χ0) is 24.6. The van der Waals surface area contributed by atoms with Crippen molar-refractivity contribution >= 4 is 33.4 Å². The number of benzene rings is 2. The van der Waals surface area contributed by atoms with Crippen molar-refractivity contribution in [3.05, 3.63) is 42.5 Å². The second-order valence-electron chi connectivity index (χ2n) is 7.51. The molecule has 2 amide bonds. The van der Waals surface area contributed by atoms with Gasteiger partial charge < -0.3 is 24.8 Å². The van der Waals surface area contributed by atoms with Crippen molar-refractivity contribution in [1.82, 2.24) is 5.32 Å². The van der Waals surface area contributed by atoms with Gasteiger partial charge in [-0.1, -0.05) is 13.8 Å². The van der Waals surface area contributed by atoms with E-state index in [2.05, 4.69) is 20.1 Å². The molecule has 180 valence electrons. The topological polar surface area (TPSA) is 132 Å². The first-order chi connectivity index (χ1) is 15.6. The third-order valence-electron chi connectivity index (χ3n) is 4.56. The van der Waals surface area contributed by atoms with Crippen LogP contribution in [0.3, 0.4) is 0 Å². The predicted octanol–water partition coefficient (Wildman–Crippen LogP) is 3.21. The van der Waals surface area contributed by atoms with Gasteiger partial charge in [-0.05, 0) is 54.8 Å². The van der Waals surface area contributed by atoms with Crippen LogP contribution in [0.4, 0.5) is 16.2 Å². The van der Waals surface area contributed by atoms with E-state index in [4.69, 9.17) is 9.47 Å². The molecule has 11 heteroatoms. The molecule has 1 atom stereocenters. The minimum Gasteiger partial charge on any atom is -0.497 e. The molecule has 2 aromatic rings. The highest BCUT2D eigenvalue weighted by atomic mass is 32.2. The van der Waals surface area contributed by atoms with Crippen LogP contribution in [0.25, 0.3) is 0 Å². The van der Waals surface area contributed by atoms with Gasteiger partial charge in [0.2, 0.25) is 5.91 Å². The van der Waals surface area contributed by atoms with E-state index >= 15 is 0 Å². The molecule has 0 aliphatic rings. The summed E-state index contributed by atoms with van der Waals surface area (Å²) >= 11 is 0. The van der Waals surface area contributed by atoms with E-state index in [1.165, 1.54) is 39.5 Å². The van der Waals surface area contributed by atoms with Crippen molar-refractivity contribution in [2.45, 2.75) is 31.2 Å². The lowest BCUT2D eigenvalue weighted by Crippen LogP contribution is -2.44. The molecule has 2 aromatic carbocycles. The zero-order valence-electron chi connectivity index (χ0n) is 19.2. The normalized spacial score (nSPS) is 11.9. The molecule has 0 fully saturated rings. The van der Waals surface area contributed by atoms with Crippen LogP contribution in [0.15, 0.2) is 47.4 Å². The first kappa shape index (κ1) is 25.8. The van der Waals surface area contributed by atoms with Crippen molar-refractivity contribution in [2.75, 3.05) is 31.4 Å². The summed E-state index contributed by atoms with van der Waals surface area (Å²) in [4.78, 5) is 24.2. The first-order valence-electron chi connectivity index (χ1n) is 10.1. The van der Waals surface area contributed by atoms with Crippen LogP contribution in [0.5, 0.6) is 11.5 Å². The average molecular weight is 480 g/mol. The molecule has 0 saturated heterocycles. The number of sulfonamides is 1. The van der Waals surface area contributed by atoms with E-state index in [-0.39, 0.29) is 22.3 Å². The molecule has 0 aliphatic heterocycles. The molecule has 0 spiro atoms. The van der Waals surface area contributed by atoms with Crippen LogP contribution in [0.2, 0.25) is 0 Å². The van der Waals surface area contributed by atoms with Gasteiger partial charge >= 0.3 is 6.09 Å². The van der Waals surface area contributed by atoms with E-state index in [0.717, 1.165) is 0 Å². The van der Waals surface area contributed by atoms with Crippen molar-refractivity contribution in [3.8, 4) is 11.5 Å². The number of ether oxygens (including phenoxy) is 3. The Morgan fingerprint density at radius 1 is 0.939 bits per heavy atom. The summed E-state index contributed by atoms with van der Waals surface area (Å²) in [5.41, 5.74) is 0.544. The molecular formula is C22H29N3O7S. The van der Waals surface area contributed by atoms with E-state index in [1.807, 2.05) is 13.8 Å². The van der Waals surface area contributed by atoms with Crippen LogP contribution in [-0.4, -0.2) is 47.8 Å². The summed E-state index contributed by atoms with van der Waals surface area (Å²) in [5.74, 6) is 0.279. The zero-order valence-corrected chi connectivity index (χ0v) is 20.0. The molecule has 1 unspecified atom stereocenters. The van der Waals surface area contributed by atoms with Crippen LogP contribution in [0.1, 0.15) is 20.3 Å². The van der Waals surface area contributed by atoms with Crippen molar-refractivity contribution in [1.29, 1.82) is 0 Å². The van der Waals surface area contributed by atoms with Gasteiger partial charge in [-0.15, -0.1) is 0 Å². The summed E-state index contributed by atoms with van der Waals surface area (Å²) in [6.45, 7) is 3.81. The van der Waals surface area contributed by atoms with Gasteiger partial charge in [0, 0.05) is 11.4 Å². The Kier molecular flexibility index (Phi) is 8.92. The second-order valence-corrected chi connectivity index (χ2v) is 9.16. The largest absolute Gasteiger partial charge is 0.497 e. The average Bonchev–Trinajstić information content (AvgIpc) is 2.78. The van der Waals surface area contributed by atoms with Crippen LogP contribution in [0, 0.1) is 5.92 Å². The van der Waals surface area contributed by atoms with Gasteiger partial charge in [0.25, 0.3) is 10.0 Å². The number of alkyl carbamates (subject to hydrolysis) is 1. The Labute approximate surface area is 193 Å². The lowest BCUT2D eigenvalue weighted by Gasteiger charge is -2.20. The van der Waals surface area contributed by atoms with Gasteiger partial charge in [-0.2, -0.15) is 0 Å². The van der Waals surface area contributed by atoms with Gasteiger partial charge in [-0.25, -0.2) is 13.2 Å². The number of anilines is 2. The Morgan fingerprint density at radius 2 is 1.58 bits per heavy atom. The SMILES string of the molecule is COC(=O)NC(CC(C)C)C(=O)Nc1ccc(OC)c(S(=O)(=O)Nc2ccc(OC)cc2)c1. The van der Waals surface area contributed by atoms with E-state index in [1.54, 1.807) is 24.3 Å². The third kappa shape index (κ3) is 7.28. The molecule has 0 bridgehead atoms. The molecule has 0 radical (unpaired) electrons. The number of rotatable bonds is 10. The van der Waals surface area contributed by atoms with Crippen molar-refractivity contribution in [2.24, 2.45) is 5.92 Å². The summed E-state index contributed by atoms with van der Waals surface area (Å²) in [6, 6.07) is 9.72. The highest BCUT2D eigenvalue weighted by Crippen LogP contribution is 2.29. The number of hydrogen-bond donors (Lipinski definition) is 3. The summed E-state index contributed by atoms with van der Waals surface area (Å²) in [6.07, 6.45) is -0.376. The quantitative estimate of drug-likeness (QED) is 0.477. The Bertz CT molecular complexity index is 1070. The predicted molar refractivity (Wildman–Crippen MR) is 124 cm³/mol. The van der Waals surface area contributed by atoms with Gasteiger partial charge in [0.05, 0.1) is 21.3 Å². The maximum atomic E-state index is 13.0. The van der Waals surface area contributed by atoms with Gasteiger partial charge in [-0.3, -0.25) is 9.52 Å². The molecule has 0 aromatic heterocycles. The van der Waals surface area contributed by atoms with E-state index < -0.39 is 28.1 Å². The fourth-order valence-electron chi connectivity index (χ4n) is 2.97. The number of hydrogen-bond acceptors (Lipinski definition) is 7. The second kappa shape index (κ2) is 11.4. The van der Waals surface area contributed by atoms with Crippen molar-refractivity contribution < 1.29 is 32.2 Å². The molecule has 10 nitrogen and oxygen atoms in total. The van der Waals surface area contributed by atoms with Crippen LogP contribution >= 0.6 is 0 Å². The maximum Gasteiger partial charge on any atom is 0.407 e. The summed E-state index contributed by atoms with van der Waals surface area (Å²) in [7, 11) is 0.00780. The maximum absolute atomic E-state index is 13.0. The fraction of sp³-hybridized carbons (Fsp3) is 0.364. The highest BCUT2D eigenvalue weighted by molar-refractivity contribution is 7.92. The lowest BCUT2D eigenvalue weighted by molar-refractivity contribution is -0.118. The Morgan fingerprint density at radius 3 is 2.12 bits per heavy atom. The number of nitrogens with one attached hydrogen (secondary N) is 3. The van der Waals surface area contributed by atoms with Crippen molar-refractivity contribution in [3.63, 3.8) is 0 Å². The van der Waals surface area contributed by atoms with Crippen LogP contribution in [-0.2, 0) is 19.6 Å². The molecule has 0 heterocycles. The summed E-state index contributed by atoms with van der Waals surface area (Å²) < 4.78 is 43.4. The number of carbonyl (C=O) groups is 2. The first-order valence-corrected chi connectivity index (χ1v) is 11.6. The van der Waals surface area contributed by atoms with E-state index in [9.17, 15) is 18.0 Å². The minimum absolute atomic E-state index is 0.0976. The Hall–Kier alpha value is -3.47. The Balaban J connectivity index is 2.29. The smallest absolute Gasteiger partial charge is 0.407 e. The van der Waals surface area contributed by atoms with E-state index in [0.29, 0.717) is 17.9 Å². The molecule has 0 saturated carbocycles. The number of amides is 2. The van der Waals surface area contributed by atoms with Gasteiger partial charge in [0.1, 0.15) is 22.4 Å². The lowest BCUT2D eigenvalue weighted by atomic mass is 10.0. The monoisotopic (exact) mass is 479 g/mol. The number of methoxy groups -OCH3 is 3. The molecule has 0 aliphatic carbocycles. The minimum atomic E-state index is -4.05. The number of carbonyl (C=O) groups excluding carboxylic acids is 2. The van der Waals surface area contributed by atoms with Crippen LogP contribution < -0.4 is 24.8 Å². The fourth-order valence-corrected chi connectivity index (χ4v) is 4.22. The standard InChI is InChI=1S/C22H29N3O7S/c1-14(2)12-18(24-22(27)32-5)21(26)23-16-8-11-19(31-4)20(13-16)33(28,29)25-15-6-9-17(30-3)10-7-15/h6-11,13-14,18,25H,12H2,1-5H3,(H,23,26)(H,24,27). The molecule has 3 N–H and O–H groups in total. The highest BCUT2D eigenvalue weighted by Gasteiger charge is 2.25. The molecular weight excluding hydrogens is 450 g/mol.